The minimum absolute atomic E-state index is 0.0810. The van der Waals surface area contributed by atoms with E-state index in [4.69, 9.17) is 5.73 Å². The zero-order valence-electron chi connectivity index (χ0n) is 10.0. The Morgan fingerprint density at radius 2 is 2.21 bits per heavy atom. The van der Waals surface area contributed by atoms with Crippen LogP contribution in [-0.4, -0.2) is 27.3 Å². The van der Waals surface area contributed by atoms with Crippen LogP contribution in [0, 0.1) is 5.82 Å². The number of rotatable bonds is 5. The van der Waals surface area contributed by atoms with E-state index in [0.29, 0.717) is 23.1 Å². The van der Waals surface area contributed by atoms with E-state index in [1.807, 2.05) is 0 Å². The number of hydrogen-bond acceptors (Lipinski definition) is 4. The summed E-state index contributed by atoms with van der Waals surface area (Å²) in [5.74, 6) is -0.593. The molecule has 1 aromatic heterocycles. The molecule has 0 unspecified atom stereocenters. The first-order chi connectivity index (χ1) is 9.08. The van der Waals surface area contributed by atoms with Crippen LogP contribution >= 0.6 is 15.9 Å². The zero-order chi connectivity index (χ0) is 13.8. The molecule has 0 radical (unpaired) electrons. The maximum atomic E-state index is 13.2. The van der Waals surface area contributed by atoms with E-state index in [2.05, 4.69) is 26.2 Å². The third-order valence-corrected chi connectivity index (χ3v) is 2.93. The quantitative estimate of drug-likeness (QED) is 0.846. The van der Waals surface area contributed by atoms with Gasteiger partial charge in [0.15, 0.2) is 5.78 Å². The zero-order valence-corrected chi connectivity index (χ0v) is 11.6. The van der Waals surface area contributed by atoms with Crippen LogP contribution in [0.4, 0.5) is 4.39 Å². The number of nitrogens with two attached hydrogens (primary N) is 1. The molecule has 1 aromatic carbocycles. The van der Waals surface area contributed by atoms with Crippen LogP contribution in [0.2, 0.25) is 0 Å². The summed E-state index contributed by atoms with van der Waals surface area (Å²) < 4.78 is 15.3. The molecule has 0 spiro atoms. The number of nitrogens with zero attached hydrogens (tertiary/aromatic N) is 3. The second kappa shape index (κ2) is 6.03. The average Bonchev–Trinajstić information content (AvgIpc) is 2.76. The first kappa shape index (κ1) is 13.8. The minimum atomic E-state index is -0.385. The highest BCUT2D eigenvalue weighted by Crippen LogP contribution is 2.16. The predicted molar refractivity (Wildman–Crippen MR) is 71.2 cm³/mol. The van der Waals surface area contributed by atoms with Crippen molar-refractivity contribution in [2.45, 2.75) is 13.0 Å². The highest BCUT2D eigenvalue weighted by Gasteiger charge is 2.12. The molecule has 2 aromatic rings. The highest BCUT2D eigenvalue weighted by molar-refractivity contribution is 9.10. The molecule has 2 N–H and O–H groups in total. The molecule has 5 nitrogen and oxygen atoms in total. The maximum absolute atomic E-state index is 13.2. The molecular weight excluding hydrogens is 315 g/mol. The number of benzene rings is 1. The molecule has 0 aliphatic carbocycles. The van der Waals surface area contributed by atoms with Gasteiger partial charge in [0.05, 0.1) is 12.7 Å². The SMILES string of the molecule is NCCn1cc(C(=O)Cc2cc(F)cc(Br)c2)nn1. The first-order valence-electron chi connectivity index (χ1n) is 5.67. The summed E-state index contributed by atoms with van der Waals surface area (Å²) in [6.45, 7) is 0.930. The first-order valence-corrected chi connectivity index (χ1v) is 6.46. The van der Waals surface area contributed by atoms with Crippen molar-refractivity contribution >= 4 is 21.7 Å². The van der Waals surface area contributed by atoms with Gasteiger partial charge in [0.1, 0.15) is 11.5 Å². The van der Waals surface area contributed by atoms with Gasteiger partial charge in [0.25, 0.3) is 0 Å². The van der Waals surface area contributed by atoms with Gasteiger partial charge in [0, 0.05) is 17.4 Å². The molecule has 7 heteroatoms. The standard InChI is InChI=1S/C12H12BrFN4O/c13-9-3-8(4-10(14)6-9)5-12(19)11-7-18(2-1-15)17-16-11/h3-4,6-7H,1-2,5,15H2. The highest BCUT2D eigenvalue weighted by atomic mass is 79.9. The van der Waals surface area contributed by atoms with Gasteiger partial charge in [-0.15, -0.1) is 5.10 Å². The molecule has 100 valence electrons. The van der Waals surface area contributed by atoms with Gasteiger partial charge >= 0.3 is 0 Å². The van der Waals surface area contributed by atoms with Crippen molar-refractivity contribution in [1.29, 1.82) is 0 Å². The fraction of sp³-hybridized carbons (Fsp3) is 0.250. The molecule has 0 saturated carbocycles. The van der Waals surface area contributed by atoms with E-state index in [-0.39, 0.29) is 23.7 Å². The van der Waals surface area contributed by atoms with Crippen molar-refractivity contribution < 1.29 is 9.18 Å². The molecular formula is C12H12BrFN4O. The summed E-state index contributed by atoms with van der Waals surface area (Å²) in [5.41, 5.74) is 6.23. The number of carbonyl (C=O) groups excluding carboxylic acids is 1. The lowest BCUT2D eigenvalue weighted by atomic mass is 10.1. The van der Waals surface area contributed by atoms with Crippen LogP contribution in [0.1, 0.15) is 16.1 Å². The molecule has 0 atom stereocenters. The number of ketones is 1. The van der Waals surface area contributed by atoms with Crippen LogP contribution in [-0.2, 0) is 13.0 Å². The van der Waals surface area contributed by atoms with Gasteiger partial charge in [0.2, 0.25) is 0 Å². The summed E-state index contributed by atoms with van der Waals surface area (Å²) in [6, 6.07) is 4.36. The number of aromatic nitrogens is 3. The molecule has 0 aliphatic heterocycles. The van der Waals surface area contributed by atoms with Gasteiger partial charge in [-0.25, -0.2) is 4.39 Å². The molecule has 19 heavy (non-hydrogen) atoms. The summed E-state index contributed by atoms with van der Waals surface area (Å²) in [5, 5.41) is 7.56. The van der Waals surface area contributed by atoms with Gasteiger partial charge in [-0.05, 0) is 23.8 Å². The molecule has 0 amide bonds. The van der Waals surface area contributed by atoms with Crippen LogP contribution < -0.4 is 5.73 Å². The second-order valence-corrected chi connectivity index (χ2v) is 4.95. The molecule has 2 rings (SSSR count). The van der Waals surface area contributed by atoms with Crippen molar-refractivity contribution in [3.63, 3.8) is 0 Å². The fourth-order valence-corrected chi connectivity index (χ4v) is 2.17. The predicted octanol–water partition coefficient (Wildman–Crippen LogP) is 1.56. The van der Waals surface area contributed by atoms with E-state index in [1.165, 1.54) is 16.8 Å². The fourth-order valence-electron chi connectivity index (χ4n) is 1.66. The molecule has 0 saturated heterocycles. The maximum Gasteiger partial charge on any atom is 0.189 e. The number of hydrogen-bond donors (Lipinski definition) is 1. The Balaban J connectivity index is 2.11. The summed E-state index contributed by atoms with van der Waals surface area (Å²) in [7, 11) is 0. The number of carbonyl (C=O) groups is 1. The van der Waals surface area contributed by atoms with Crippen molar-refractivity contribution in [1.82, 2.24) is 15.0 Å². The van der Waals surface area contributed by atoms with Crippen molar-refractivity contribution in [2.24, 2.45) is 5.73 Å². The van der Waals surface area contributed by atoms with Crippen LogP contribution in [0.5, 0.6) is 0 Å². The lowest BCUT2D eigenvalue weighted by Gasteiger charge is -2.00. The van der Waals surface area contributed by atoms with E-state index in [1.54, 1.807) is 12.3 Å². The Bertz CT molecular complexity index is 579. The van der Waals surface area contributed by atoms with Gasteiger partial charge in [-0.2, -0.15) is 0 Å². The average molecular weight is 327 g/mol. The molecule has 0 aliphatic rings. The topological polar surface area (TPSA) is 73.8 Å². The van der Waals surface area contributed by atoms with Crippen molar-refractivity contribution in [3.05, 3.63) is 45.9 Å². The number of halogens is 2. The van der Waals surface area contributed by atoms with E-state index >= 15 is 0 Å². The summed E-state index contributed by atoms with van der Waals surface area (Å²) in [6.07, 6.45) is 1.63. The lowest BCUT2D eigenvalue weighted by Crippen LogP contribution is -2.10. The van der Waals surface area contributed by atoms with Crippen LogP contribution in [0.3, 0.4) is 0 Å². The van der Waals surface area contributed by atoms with E-state index in [0.717, 1.165) is 0 Å². The Kier molecular flexibility index (Phi) is 4.39. The second-order valence-electron chi connectivity index (χ2n) is 4.03. The summed E-state index contributed by atoms with van der Waals surface area (Å²) in [4.78, 5) is 12.0. The van der Waals surface area contributed by atoms with Gasteiger partial charge in [-0.1, -0.05) is 21.1 Å². The third kappa shape index (κ3) is 3.68. The van der Waals surface area contributed by atoms with Crippen LogP contribution in [0.25, 0.3) is 0 Å². The monoisotopic (exact) mass is 326 g/mol. The third-order valence-electron chi connectivity index (χ3n) is 2.47. The normalized spacial score (nSPS) is 10.7. The Labute approximate surface area is 117 Å². The molecule has 0 bridgehead atoms. The van der Waals surface area contributed by atoms with Gasteiger partial charge < -0.3 is 5.73 Å². The summed E-state index contributed by atoms with van der Waals surface area (Å²) >= 11 is 3.19. The van der Waals surface area contributed by atoms with E-state index in [9.17, 15) is 9.18 Å². The van der Waals surface area contributed by atoms with Crippen LogP contribution in [0.15, 0.2) is 28.9 Å². The lowest BCUT2D eigenvalue weighted by molar-refractivity contribution is 0.0988. The minimum Gasteiger partial charge on any atom is -0.329 e. The Morgan fingerprint density at radius 3 is 2.89 bits per heavy atom. The Hall–Kier alpha value is -1.60. The molecule has 0 fully saturated rings. The van der Waals surface area contributed by atoms with Crippen molar-refractivity contribution in [2.75, 3.05) is 6.54 Å². The van der Waals surface area contributed by atoms with Crippen molar-refractivity contribution in [3.8, 4) is 0 Å². The Morgan fingerprint density at radius 1 is 1.42 bits per heavy atom. The van der Waals surface area contributed by atoms with Gasteiger partial charge in [-0.3, -0.25) is 9.48 Å². The smallest absolute Gasteiger partial charge is 0.189 e. The van der Waals surface area contributed by atoms with E-state index < -0.39 is 0 Å². The largest absolute Gasteiger partial charge is 0.329 e. The molecule has 1 heterocycles. The number of Topliss-reactive ketones (excluding diaryl/α,β-unsaturated/α-hetero) is 1.